The molecule has 7 nitrogen and oxygen atoms in total. The number of benzene rings is 3. The maximum atomic E-state index is 13.6. The normalized spacial score (nSPS) is 14.5. The van der Waals surface area contributed by atoms with Crippen LogP contribution in [-0.2, 0) is 11.3 Å². The fraction of sp³-hybridized carbons (Fsp3) is 0.107. The average molecular weight is 483 g/mol. The smallest absolute Gasteiger partial charge is 0.303 e. The summed E-state index contributed by atoms with van der Waals surface area (Å²) in [6.07, 6.45) is 1.40. The van der Waals surface area contributed by atoms with Crippen molar-refractivity contribution in [3.05, 3.63) is 117 Å². The number of hydrogen-bond acceptors (Lipinski definition) is 3. The Kier molecular flexibility index (Phi) is 5.85. The predicted octanol–water partition coefficient (Wildman–Crippen LogP) is 4.68. The maximum absolute atomic E-state index is 13.6. The van der Waals surface area contributed by atoms with Crippen LogP contribution in [0.25, 0.3) is 23.0 Å². The first-order valence-electron chi connectivity index (χ1n) is 11.4. The van der Waals surface area contributed by atoms with Gasteiger partial charge in [0.15, 0.2) is 0 Å². The van der Waals surface area contributed by atoms with E-state index in [9.17, 15) is 18.8 Å². The SMILES string of the molecule is Cc1cccc(-n2[nH]c(-c3ccccc3)c(C=C3NC(=O)N(Cc4cccc(F)c4)C3=O)c2=O)c1C. The molecule has 5 rings (SSSR count). The highest BCUT2D eigenvalue weighted by atomic mass is 19.1. The van der Waals surface area contributed by atoms with Crippen molar-refractivity contribution in [2.75, 3.05) is 0 Å². The standard InChI is InChI=1S/C28H23FN4O3/c1-17-8-6-13-24(18(17)2)33-26(34)22(25(31-33)20-10-4-3-5-11-20)15-23-27(35)32(28(36)30-23)16-19-9-7-12-21(29)14-19/h3-15,31H,16H2,1-2H3,(H,30,36). The van der Waals surface area contributed by atoms with Gasteiger partial charge in [0.25, 0.3) is 11.5 Å². The first kappa shape index (κ1) is 23.0. The zero-order chi connectivity index (χ0) is 25.4. The molecule has 180 valence electrons. The third-order valence-electron chi connectivity index (χ3n) is 6.29. The molecule has 0 spiro atoms. The summed E-state index contributed by atoms with van der Waals surface area (Å²) < 4.78 is 15.0. The number of halogens is 1. The lowest BCUT2D eigenvalue weighted by atomic mass is 10.1. The first-order valence-corrected chi connectivity index (χ1v) is 11.4. The van der Waals surface area contributed by atoms with Crippen LogP contribution < -0.4 is 10.9 Å². The number of H-pyrrole nitrogens is 1. The lowest BCUT2D eigenvalue weighted by molar-refractivity contribution is -0.123. The summed E-state index contributed by atoms with van der Waals surface area (Å²) in [7, 11) is 0. The van der Waals surface area contributed by atoms with E-state index >= 15 is 0 Å². The molecule has 3 amide bonds. The van der Waals surface area contributed by atoms with Crippen molar-refractivity contribution in [1.82, 2.24) is 20.0 Å². The summed E-state index contributed by atoms with van der Waals surface area (Å²) >= 11 is 0. The molecule has 0 saturated carbocycles. The van der Waals surface area contributed by atoms with Crippen LogP contribution in [0.4, 0.5) is 9.18 Å². The van der Waals surface area contributed by atoms with Crippen molar-refractivity contribution in [3.63, 3.8) is 0 Å². The molecule has 0 unspecified atom stereocenters. The summed E-state index contributed by atoms with van der Waals surface area (Å²) in [5, 5.41) is 5.74. The van der Waals surface area contributed by atoms with Crippen LogP contribution in [0.5, 0.6) is 0 Å². The lowest BCUT2D eigenvalue weighted by Gasteiger charge is -2.11. The molecular formula is C28H23FN4O3. The number of nitrogens with one attached hydrogen (secondary N) is 2. The number of hydrogen-bond donors (Lipinski definition) is 2. The molecule has 2 heterocycles. The molecule has 1 aliphatic heterocycles. The minimum Gasteiger partial charge on any atom is -0.303 e. The van der Waals surface area contributed by atoms with E-state index in [1.807, 2.05) is 62.4 Å². The van der Waals surface area contributed by atoms with Crippen LogP contribution in [0, 0.1) is 19.7 Å². The number of aromatic amines is 1. The molecule has 1 aliphatic rings. The zero-order valence-corrected chi connectivity index (χ0v) is 19.7. The predicted molar refractivity (Wildman–Crippen MR) is 135 cm³/mol. The number of aromatic nitrogens is 2. The molecule has 4 aromatic rings. The molecule has 2 N–H and O–H groups in total. The highest BCUT2D eigenvalue weighted by Gasteiger charge is 2.34. The topological polar surface area (TPSA) is 87.2 Å². The van der Waals surface area contributed by atoms with Crippen LogP contribution in [0.15, 0.2) is 83.3 Å². The van der Waals surface area contributed by atoms with E-state index in [1.165, 1.54) is 29.0 Å². The number of aryl methyl sites for hydroxylation is 1. The van der Waals surface area contributed by atoms with E-state index in [-0.39, 0.29) is 23.4 Å². The highest BCUT2D eigenvalue weighted by molar-refractivity contribution is 6.14. The number of urea groups is 1. The Labute approximate surface area is 206 Å². The number of carbonyl (C=O) groups excluding carboxylic acids is 2. The van der Waals surface area contributed by atoms with Gasteiger partial charge in [-0.3, -0.25) is 19.6 Å². The van der Waals surface area contributed by atoms with E-state index < -0.39 is 17.8 Å². The van der Waals surface area contributed by atoms with Crippen molar-refractivity contribution in [2.45, 2.75) is 20.4 Å². The van der Waals surface area contributed by atoms with E-state index in [0.29, 0.717) is 16.9 Å². The molecule has 1 saturated heterocycles. The summed E-state index contributed by atoms with van der Waals surface area (Å²) in [5.41, 5.74) is 4.24. The van der Waals surface area contributed by atoms with Crippen molar-refractivity contribution in [3.8, 4) is 16.9 Å². The van der Waals surface area contributed by atoms with Crippen LogP contribution >= 0.6 is 0 Å². The molecule has 8 heteroatoms. The lowest BCUT2D eigenvalue weighted by Crippen LogP contribution is -2.30. The maximum Gasteiger partial charge on any atom is 0.329 e. The number of nitrogens with zero attached hydrogens (tertiary/aromatic N) is 2. The molecule has 0 aliphatic carbocycles. The van der Waals surface area contributed by atoms with Gasteiger partial charge < -0.3 is 5.32 Å². The van der Waals surface area contributed by atoms with Crippen molar-refractivity contribution >= 4 is 18.0 Å². The van der Waals surface area contributed by atoms with Crippen LogP contribution in [0.1, 0.15) is 22.3 Å². The van der Waals surface area contributed by atoms with Crippen molar-refractivity contribution < 1.29 is 14.0 Å². The Balaban J connectivity index is 1.59. The summed E-state index contributed by atoms with van der Waals surface area (Å²) in [4.78, 5) is 40.3. The fourth-order valence-corrected chi connectivity index (χ4v) is 4.23. The second-order valence-electron chi connectivity index (χ2n) is 8.64. The Morgan fingerprint density at radius 2 is 1.67 bits per heavy atom. The average Bonchev–Trinajstić information content (AvgIpc) is 3.32. The van der Waals surface area contributed by atoms with Gasteiger partial charge in [-0.05, 0) is 54.8 Å². The van der Waals surface area contributed by atoms with Crippen molar-refractivity contribution in [2.24, 2.45) is 0 Å². The molecule has 1 aromatic heterocycles. The van der Waals surface area contributed by atoms with Gasteiger partial charge in [0.2, 0.25) is 0 Å². The monoisotopic (exact) mass is 482 g/mol. The molecule has 0 bridgehead atoms. The zero-order valence-electron chi connectivity index (χ0n) is 19.7. The van der Waals surface area contributed by atoms with Crippen LogP contribution in [0.3, 0.4) is 0 Å². The largest absolute Gasteiger partial charge is 0.329 e. The van der Waals surface area contributed by atoms with E-state index in [1.54, 1.807) is 6.07 Å². The molecule has 36 heavy (non-hydrogen) atoms. The van der Waals surface area contributed by atoms with Crippen molar-refractivity contribution in [1.29, 1.82) is 0 Å². The van der Waals surface area contributed by atoms with Gasteiger partial charge in [0, 0.05) is 5.56 Å². The minimum absolute atomic E-state index is 0.0298. The van der Waals surface area contributed by atoms with Crippen LogP contribution in [-0.4, -0.2) is 26.6 Å². The second-order valence-corrected chi connectivity index (χ2v) is 8.64. The summed E-state index contributed by atoms with van der Waals surface area (Å²) in [6.45, 7) is 3.81. The van der Waals surface area contributed by atoms with Gasteiger partial charge in [0.05, 0.1) is 23.5 Å². The molecule has 0 atom stereocenters. The minimum atomic E-state index is -0.637. The van der Waals surface area contributed by atoms with Gasteiger partial charge in [-0.1, -0.05) is 54.6 Å². The number of rotatable bonds is 5. The van der Waals surface area contributed by atoms with E-state index in [0.717, 1.165) is 21.6 Å². The Morgan fingerprint density at radius 1 is 0.917 bits per heavy atom. The van der Waals surface area contributed by atoms with E-state index in [2.05, 4.69) is 10.4 Å². The molecule has 1 fully saturated rings. The van der Waals surface area contributed by atoms with E-state index in [4.69, 9.17) is 0 Å². The van der Waals surface area contributed by atoms with Gasteiger partial charge >= 0.3 is 6.03 Å². The number of imide groups is 1. The molecular weight excluding hydrogens is 459 g/mol. The molecule has 3 aromatic carbocycles. The third kappa shape index (κ3) is 4.13. The number of amides is 3. The Hall–Kier alpha value is -4.72. The van der Waals surface area contributed by atoms with Gasteiger partial charge in [-0.25, -0.2) is 13.9 Å². The fourth-order valence-electron chi connectivity index (χ4n) is 4.23. The van der Waals surface area contributed by atoms with Gasteiger partial charge in [-0.15, -0.1) is 0 Å². The second kappa shape index (κ2) is 9.14. The molecule has 0 radical (unpaired) electrons. The Bertz CT molecular complexity index is 1580. The quantitative estimate of drug-likeness (QED) is 0.320. The van der Waals surface area contributed by atoms with Gasteiger partial charge in [0.1, 0.15) is 11.5 Å². The number of carbonyl (C=O) groups is 2. The highest BCUT2D eigenvalue weighted by Crippen LogP contribution is 2.25. The summed E-state index contributed by atoms with van der Waals surface area (Å²) in [6, 6.07) is 20.0. The van der Waals surface area contributed by atoms with Crippen LogP contribution in [0.2, 0.25) is 0 Å². The first-order chi connectivity index (χ1) is 17.3. The Morgan fingerprint density at radius 3 is 2.42 bits per heavy atom. The third-order valence-corrected chi connectivity index (χ3v) is 6.29. The van der Waals surface area contributed by atoms with Gasteiger partial charge in [-0.2, -0.15) is 0 Å². The summed E-state index contributed by atoms with van der Waals surface area (Å²) in [5.74, 6) is -1.05.